The third kappa shape index (κ3) is 3.69. The molecular weight excluding hydrogens is 242 g/mol. The molecule has 5 heteroatoms. The fraction of sp³-hybridized carbons (Fsp3) is 0.857. The molecule has 0 spiro atoms. The van der Waals surface area contributed by atoms with Crippen molar-refractivity contribution >= 4 is 11.8 Å². The minimum absolute atomic E-state index is 0.0329. The summed E-state index contributed by atoms with van der Waals surface area (Å²) in [5.41, 5.74) is 5.66. The van der Waals surface area contributed by atoms with Gasteiger partial charge in [0.15, 0.2) is 0 Å². The van der Waals surface area contributed by atoms with Gasteiger partial charge in [0.05, 0.1) is 6.04 Å². The molecule has 2 N–H and O–H groups in total. The molecule has 0 aromatic rings. The molecule has 1 unspecified atom stereocenters. The van der Waals surface area contributed by atoms with Gasteiger partial charge in [-0.15, -0.1) is 0 Å². The number of carbonyl (C=O) groups is 2. The fourth-order valence-corrected chi connectivity index (χ4v) is 2.90. The van der Waals surface area contributed by atoms with E-state index in [1.165, 1.54) is 0 Å². The molecule has 0 bridgehead atoms. The Morgan fingerprint density at radius 3 is 2.58 bits per heavy atom. The highest BCUT2D eigenvalue weighted by Crippen LogP contribution is 2.29. The minimum atomic E-state index is -0.425. The van der Waals surface area contributed by atoms with E-state index in [0.717, 1.165) is 45.3 Å². The molecular formula is C14H25N3O2. The number of hydrogen-bond acceptors (Lipinski definition) is 3. The van der Waals surface area contributed by atoms with Crippen LogP contribution in [0.15, 0.2) is 0 Å². The lowest BCUT2D eigenvalue weighted by atomic mass is 9.96. The lowest BCUT2D eigenvalue weighted by Crippen LogP contribution is -2.49. The second-order valence-electron chi connectivity index (χ2n) is 5.98. The summed E-state index contributed by atoms with van der Waals surface area (Å²) in [5, 5.41) is 0. The van der Waals surface area contributed by atoms with E-state index in [1.54, 1.807) is 13.8 Å². The summed E-state index contributed by atoms with van der Waals surface area (Å²) in [6, 6.07) is 0.0307. The minimum Gasteiger partial charge on any atom is -0.341 e. The molecule has 19 heavy (non-hydrogen) atoms. The number of carbonyl (C=O) groups excluding carboxylic acids is 2. The quantitative estimate of drug-likeness (QED) is 0.810. The average molecular weight is 267 g/mol. The molecule has 2 atom stereocenters. The first-order valence-corrected chi connectivity index (χ1v) is 7.30. The second kappa shape index (κ2) is 5.90. The summed E-state index contributed by atoms with van der Waals surface area (Å²) in [6.45, 7) is 5.73. The zero-order valence-corrected chi connectivity index (χ0v) is 12.0. The largest absolute Gasteiger partial charge is 0.341 e. The number of nitrogens with zero attached hydrogens (tertiary/aromatic N) is 2. The molecule has 0 aromatic heterocycles. The number of amides is 2. The van der Waals surface area contributed by atoms with Gasteiger partial charge in [0.1, 0.15) is 0 Å². The molecule has 1 saturated carbocycles. The van der Waals surface area contributed by atoms with Crippen LogP contribution in [0.4, 0.5) is 0 Å². The Morgan fingerprint density at radius 2 is 2.05 bits per heavy atom. The van der Waals surface area contributed by atoms with Gasteiger partial charge in [-0.3, -0.25) is 9.59 Å². The van der Waals surface area contributed by atoms with Gasteiger partial charge in [-0.2, -0.15) is 0 Å². The maximum Gasteiger partial charge on any atom is 0.239 e. The van der Waals surface area contributed by atoms with Crippen molar-refractivity contribution in [2.75, 3.05) is 19.6 Å². The zero-order valence-electron chi connectivity index (χ0n) is 12.0. The van der Waals surface area contributed by atoms with Crippen molar-refractivity contribution in [2.45, 2.75) is 51.6 Å². The van der Waals surface area contributed by atoms with Gasteiger partial charge in [0.25, 0.3) is 0 Å². The van der Waals surface area contributed by atoms with E-state index < -0.39 is 6.04 Å². The Hall–Kier alpha value is -1.10. The van der Waals surface area contributed by atoms with E-state index in [1.807, 2.05) is 9.80 Å². The summed E-state index contributed by atoms with van der Waals surface area (Å²) >= 11 is 0. The van der Waals surface area contributed by atoms with Gasteiger partial charge in [0.2, 0.25) is 11.8 Å². The van der Waals surface area contributed by atoms with Crippen molar-refractivity contribution in [1.29, 1.82) is 0 Å². The smallest absolute Gasteiger partial charge is 0.239 e. The van der Waals surface area contributed by atoms with Crippen molar-refractivity contribution in [3.63, 3.8) is 0 Å². The van der Waals surface area contributed by atoms with Crippen LogP contribution in [0.25, 0.3) is 0 Å². The predicted octanol–water partition coefficient (Wildman–Crippen LogP) is 0.583. The Kier molecular flexibility index (Phi) is 4.45. The van der Waals surface area contributed by atoms with Crippen LogP contribution < -0.4 is 5.73 Å². The van der Waals surface area contributed by atoms with E-state index in [-0.39, 0.29) is 11.8 Å². The molecule has 108 valence electrons. The molecule has 1 saturated heterocycles. The molecule has 0 radical (unpaired) electrons. The average Bonchev–Trinajstić information content (AvgIpc) is 3.19. The highest BCUT2D eigenvalue weighted by molar-refractivity contribution is 5.81. The molecule has 0 aromatic carbocycles. The predicted molar refractivity (Wildman–Crippen MR) is 73.4 cm³/mol. The second-order valence-corrected chi connectivity index (χ2v) is 5.98. The number of likely N-dealkylation sites (tertiary alicyclic amines) is 1. The normalized spacial score (nSPS) is 25.0. The van der Waals surface area contributed by atoms with Crippen LogP contribution >= 0.6 is 0 Å². The first-order valence-electron chi connectivity index (χ1n) is 7.30. The summed E-state index contributed by atoms with van der Waals surface area (Å²) in [6.07, 6.45) is 4.38. The van der Waals surface area contributed by atoms with Crippen LogP contribution in [0.3, 0.4) is 0 Å². The van der Waals surface area contributed by atoms with E-state index in [9.17, 15) is 9.59 Å². The molecule has 2 rings (SSSR count). The lowest BCUT2D eigenvalue weighted by molar-refractivity contribution is -0.134. The standard InChI is InChI=1S/C14H25N3O2/c1-10(15)14(19)16-7-3-4-12(8-16)9-17(11(2)18)13-5-6-13/h10,12-13H,3-9,15H2,1-2H3/t10-,12?/m0/s1. The van der Waals surface area contributed by atoms with Crippen molar-refractivity contribution in [3.05, 3.63) is 0 Å². The Balaban J connectivity index is 1.89. The monoisotopic (exact) mass is 267 g/mol. The highest BCUT2D eigenvalue weighted by Gasteiger charge is 2.34. The van der Waals surface area contributed by atoms with Crippen LogP contribution in [-0.2, 0) is 9.59 Å². The molecule has 1 heterocycles. The van der Waals surface area contributed by atoms with Crippen molar-refractivity contribution in [1.82, 2.24) is 9.80 Å². The number of nitrogens with two attached hydrogens (primary N) is 1. The molecule has 5 nitrogen and oxygen atoms in total. The SMILES string of the molecule is CC(=O)N(CC1CCCN(C(=O)[C@H](C)N)C1)C1CC1. The third-order valence-electron chi connectivity index (χ3n) is 4.07. The van der Waals surface area contributed by atoms with Crippen LogP contribution in [0.2, 0.25) is 0 Å². The molecule has 2 aliphatic rings. The zero-order chi connectivity index (χ0) is 14.0. The number of piperidine rings is 1. The van der Waals surface area contributed by atoms with Crippen LogP contribution in [0.1, 0.15) is 39.5 Å². The van der Waals surface area contributed by atoms with Crippen molar-refractivity contribution in [3.8, 4) is 0 Å². The number of rotatable bonds is 4. The summed E-state index contributed by atoms with van der Waals surface area (Å²) in [5.74, 6) is 0.601. The van der Waals surface area contributed by atoms with Gasteiger partial charge < -0.3 is 15.5 Å². The lowest BCUT2D eigenvalue weighted by Gasteiger charge is -2.36. The van der Waals surface area contributed by atoms with Gasteiger partial charge in [0, 0.05) is 32.6 Å². The third-order valence-corrected chi connectivity index (χ3v) is 4.07. The molecule has 1 aliphatic carbocycles. The number of hydrogen-bond donors (Lipinski definition) is 1. The summed E-state index contributed by atoms with van der Waals surface area (Å²) < 4.78 is 0. The van der Waals surface area contributed by atoms with Crippen molar-refractivity contribution < 1.29 is 9.59 Å². The van der Waals surface area contributed by atoms with Crippen LogP contribution in [0.5, 0.6) is 0 Å². The van der Waals surface area contributed by atoms with E-state index in [0.29, 0.717) is 12.0 Å². The van der Waals surface area contributed by atoms with E-state index >= 15 is 0 Å². The molecule has 1 aliphatic heterocycles. The Morgan fingerprint density at radius 1 is 1.37 bits per heavy atom. The van der Waals surface area contributed by atoms with E-state index in [4.69, 9.17) is 5.73 Å². The van der Waals surface area contributed by atoms with Crippen molar-refractivity contribution in [2.24, 2.45) is 11.7 Å². The van der Waals surface area contributed by atoms with Gasteiger partial charge >= 0.3 is 0 Å². The first-order chi connectivity index (χ1) is 8.99. The maximum atomic E-state index is 11.9. The topological polar surface area (TPSA) is 66.6 Å². The van der Waals surface area contributed by atoms with Gasteiger partial charge in [-0.05, 0) is 38.5 Å². The summed E-state index contributed by atoms with van der Waals surface area (Å²) in [7, 11) is 0. The highest BCUT2D eigenvalue weighted by atomic mass is 16.2. The summed E-state index contributed by atoms with van der Waals surface area (Å²) in [4.78, 5) is 27.4. The Bertz CT molecular complexity index is 353. The maximum absolute atomic E-state index is 11.9. The van der Waals surface area contributed by atoms with Crippen LogP contribution in [-0.4, -0.2) is 53.3 Å². The first kappa shape index (κ1) is 14.3. The van der Waals surface area contributed by atoms with Gasteiger partial charge in [-0.25, -0.2) is 0 Å². The van der Waals surface area contributed by atoms with Gasteiger partial charge in [-0.1, -0.05) is 0 Å². The van der Waals surface area contributed by atoms with Crippen LogP contribution in [0, 0.1) is 5.92 Å². The van der Waals surface area contributed by atoms with E-state index in [2.05, 4.69) is 0 Å². The molecule has 2 fully saturated rings. The fourth-order valence-electron chi connectivity index (χ4n) is 2.90. The Labute approximate surface area is 115 Å². The molecule has 2 amide bonds.